The molecule has 8 nitrogen and oxygen atoms in total. The van der Waals surface area contributed by atoms with Gasteiger partial charge in [-0.05, 0) is 22.3 Å². The Morgan fingerprint density at radius 3 is 2.31 bits per heavy atom. The molecule has 0 saturated heterocycles. The van der Waals surface area contributed by atoms with E-state index in [1.165, 1.54) is 24.4 Å². The Morgan fingerprint density at radius 2 is 1.76 bits per heavy atom. The standard InChI is InChI=1S/C21H20N4O4/c1-24(19(20(26)27)10-25-13-22-12-23-25)21(28)29-11-18-16-8-4-2-6-14(16)15-7-3-5-9-17(15)18/h2-9,12-13,18-19H,10-11H2,1H3,(H,26,27). The van der Waals surface area contributed by atoms with E-state index in [-0.39, 0.29) is 19.1 Å². The lowest BCUT2D eigenvalue weighted by Gasteiger charge is -2.25. The maximum Gasteiger partial charge on any atom is 0.410 e. The molecule has 1 heterocycles. The Morgan fingerprint density at radius 1 is 1.14 bits per heavy atom. The quantitative estimate of drug-likeness (QED) is 0.693. The number of hydrogen-bond donors (Lipinski definition) is 1. The molecule has 1 aliphatic rings. The Balaban J connectivity index is 1.48. The van der Waals surface area contributed by atoms with Gasteiger partial charge < -0.3 is 9.84 Å². The maximum absolute atomic E-state index is 12.6. The van der Waals surface area contributed by atoms with Crippen molar-refractivity contribution in [3.05, 3.63) is 72.3 Å². The lowest BCUT2D eigenvalue weighted by Crippen LogP contribution is -2.45. The fourth-order valence-corrected chi connectivity index (χ4v) is 3.69. The summed E-state index contributed by atoms with van der Waals surface area (Å²) in [5.41, 5.74) is 4.46. The minimum Gasteiger partial charge on any atom is -0.480 e. The predicted octanol–water partition coefficient (Wildman–Crippen LogP) is 2.61. The van der Waals surface area contributed by atoms with Crippen LogP contribution in [0.3, 0.4) is 0 Å². The van der Waals surface area contributed by atoms with Crippen molar-refractivity contribution in [2.24, 2.45) is 0 Å². The zero-order chi connectivity index (χ0) is 20.4. The van der Waals surface area contributed by atoms with Gasteiger partial charge in [-0.15, -0.1) is 0 Å². The van der Waals surface area contributed by atoms with Crippen LogP contribution in [0, 0.1) is 0 Å². The highest BCUT2D eigenvalue weighted by molar-refractivity contribution is 5.81. The van der Waals surface area contributed by atoms with E-state index in [9.17, 15) is 14.7 Å². The maximum atomic E-state index is 12.6. The molecule has 4 rings (SSSR count). The molecule has 148 valence electrons. The van der Waals surface area contributed by atoms with Crippen molar-refractivity contribution in [3.8, 4) is 11.1 Å². The second-order valence-electron chi connectivity index (χ2n) is 6.89. The average molecular weight is 392 g/mol. The Kier molecular flexibility index (Phi) is 4.99. The van der Waals surface area contributed by atoms with Crippen molar-refractivity contribution < 1.29 is 19.4 Å². The first-order valence-corrected chi connectivity index (χ1v) is 9.19. The number of hydrogen-bond acceptors (Lipinski definition) is 5. The summed E-state index contributed by atoms with van der Waals surface area (Å²) in [6, 6.07) is 15.0. The number of likely N-dealkylation sites (N-methyl/N-ethyl adjacent to an activating group) is 1. The third-order valence-electron chi connectivity index (χ3n) is 5.20. The van der Waals surface area contributed by atoms with Crippen LogP contribution in [-0.2, 0) is 16.1 Å². The van der Waals surface area contributed by atoms with E-state index in [1.807, 2.05) is 36.4 Å². The van der Waals surface area contributed by atoms with Gasteiger partial charge in [-0.3, -0.25) is 9.58 Å². The molecule has 1 aromatic heterocycles. The second kappa shape index (κ2) is 7.75. The smallest absolute Gasteiger partial charge is 0.410 e. The summed E-state index contributed by atoms with van der Waals surface area (Å²) >= 11 is 0. The van der Waals surface area contributed by atoms with Gasteiger partial charge in [0.1, 0.15) is 19.3 Å². The number of carbonyl (C=O) groups excluding carboxylic acids is 1. The number of rotatable bonds is 6. The summed E-state index contributed by atoms with van der Waals surface area (Å²) in [6.45, 7) is 0.114. The molecule has 1 N–H and O–H groups in total. The van der Waals surface area contributed by atoms with E-state index in [1.54, 1.807) is 0 Å². The Hall–Kier alpha value is -3.68. The molecular formula is C21H20N4O4. The Labute approximate surface area is 167 Å². The zero-order valence-corrected chi connectivity index (χ0v) is 15.8. The minimum absolute atomic E-state index is 0.0178. The number of amides is 1. The van der Waals surface area contributed by atoms with Crippen molar-refractivity contribution in [3.63, 3.8) is 0 Å². The van der Waals surface area contributed by atoms with Crippen LogP contribution >= 0.6 is 0 Å². The highest BCUT2D eigenvalue weighted by Gasteiger charge is 2.32. The number of nitrogens with zero attached hydrogens (tertiary/aromatic N) is 4. The first-order chi connectivity index (χ1) is 14.1. The van der Waals surface area contributed by atoms with E-state index in [4.69, 9.17) is 4.74 Å². The molecule has 1 aliphatic carbocycles. The second-order valence-corrected chi connectivity index (χ2v) is 6.89. The highest BCUT2D eigenvalue weighted by atomic mass is 16.6. The molecule has 3 aromatic rings. The lowest BCUT2D eigenvalue weighted by molar-refractivity contribution is -0.142. The van der Waals surface area contributed by atoms with Crippen LogP contribution in [0.1, 0.15) is 17.0 Å². The number of aromatic nitrogens is 3. The van der Waals surface area contributed by atoms with Crippen LogP contribution in [0.2, 0.25) is 0 Å². The molecule has 0 aliphatic heterocycles. The van der Waals surface area contributed by atoms with Gasteiger partial charge in [-0.2, -0.15) is 5.10 Å². The van der Waals surface area contributed by atoms with Crippen LogP contribution < -0.4 is 0 Å². The van der Waals surface area contributed by atoms with E-state index < -0.39 is 18.1 Å². The van der Waals surface area contributed by atoms with E-state index in [2.05, 4.69) is 22.2 Å². The van der Waals surface area contributed by atoms with Crippen molar-refractivity contribution in [1.29, 1.82) is 0 Å². The van der Waals surface area contributed by atoms with Gasteiger partial charge in [0.25, 0.3) is 0 Å². The SMILES string of the molecule is CN(C(=O)OCC1c2ccccc2-c2ccccc21)C(Cn1cncn1)C(=O)O. The van der Waals surface area contributed by atoms with Crippen molar-refractivity contribution >= 4 is 12.1 Å². The van der Waals surface area contributed by atoms with E-state index in [0.717, 1.165) is 27.2 Å². The first kappa shape index (κ1) is 18.7. The van der Waals surface area contributed by atoms with Crippen molar-refractivity contribution in [2.75, 3.05) is 13.7 Å². The number of fused-ring (bicyclic) bond motifs is 3. The van der Waals surface area contributed by atoms with Crippen LogP contribution in [0.4, 0.5) is 4.79 Å². The van der Waals surface area contributed by atoms with Gasteiger partial charge in [0, 0.05) is 13.0 Å². The summed E-state index contributed by atoms with van der Waals surface area (Å²) in [5, 5.41) is 13.4. The fraction of sp³-hybridized carbons (Fsp3) is 0.238. The summed E-state index contributed by atoms with van der Waals surface area (Å²) in [4.78, 5) is 29.1. The van der Waals surface area contributed by atoms with Gasteiger partial charge in [0.15, 0.2) is 6.04 Å². The largest absolute Gasteiger partial charge is 0.480 e. The average Bonchev–Trinajstić information content (AvgIpc) is 3.36. The number of carboxylic acids is 1. The molecule has 1 unspecified atom stereocenters. The number of aliphatic carboxylic acids is 1. The molecule has 8 heteroatoms. The molecule has 0 fully saturated rings. The normalized spacial score (nSPS) is 13.4. The summed E-state index contributed by atoms with van der Waals surface area (Å²) in [6.07, 6.45) is 2.02. The molecule has 29 heavy (non-hydrogen) atoms. The molecule has 0 bridgehead atoms. The molecule has 1 atom stereocenters. The zero-order valence-electron chi connectivity index (χ0n) is 15.8. The van der Waals surface area contributed by atoms with Gasteiger partial charge >= 0.3 is 12.1 Å². The molecule has 0 spiro atoms. The van der Waals surface area contributed by atoms with Crippen molar-refractivity contribution in [2.45, 2.75) is 18.5 Å². The molecular weight excluding hydrogens is 372 g/mol. The summed E-state index contributed by atoms with van der Waals surface area (Å²) in [7, 11) is 1.41. The minimum atomic E-state index is -1.14. The predicted molar refractivity (Wildman–Crippen MR) is 104 cm³/mol. The third kappa shape index (κ3) is 3.56. The third-order valence-corrected chi connectivity index (χ3v) is 5.20. The number of ether oxygens (including phenoxy) is 1. The van der Waals surface area contributed by atoms with E-state index in [0.29, 0.717) is 0 Å². The Bertz CT molecular complexity index is 989. The van der Waals surface area contributed by atoms with Crippen LogP contribution in [-0.4, -0.2) is 56.5 Å². The van der Waals surface area contributed by atoms with Gasteiger partial charge in [-0.25, -0.2) is 14.6 Å². The van der Waals surface area contributed by atoms with Gasteiger partial charge in [0.2, 0.25) is 0 Å². The monoisotopic (exact) mass is 392 g/mol. The topological polar surface area (TPSA) is 97.5 Å². The van der Waals surface area contributed by atoms with E-state index >= 15 is 0 Å². The van der Waals surface area contributed by atoms with Gasteiger partial charge in [0.05, 0.1) is 6.54 Å². The summed E-state index contributed by atoms with van der Waals surface area (Å²) < 4.78 is 6.90. The number of benzene rings is 2. The van der Waals surface area contributed by atoms with Gasteiger partial charge in [-0.1, -0.05) is 48.5 Å². The molecule has 0 saturated carbocycles. The fourth-order valence-electron chi connectivity index (χ4n) is 3.69. The molecule has 0 radical (unpaired) electrons. The van der Waals surface area contributed by atoms with Crippen LogP contribution in [0.25, 0.3) is 11.1 Å². The highest BCUT2D eigenvalue weighted by Crippen LogP contribution is 2.44. The van der Waals surface area contributed by atoms with Crippen LogP contribution in [0.15, 0.2) is 61.2 Å². The number of carboxylic acid groups (broad SMARTS) is 1. The molecule has 1 amide bonds. The number of carbonyl (C=O) groups is 2. The van der Waals surface area contributed by atoms with Crippen molar-refractivity contribution in [1.82, 2.24) is 19.7 Å². The summed E-state index contributed by atoms with van der Waals surface area (Å²) in [5.74, 6) is -1.23. The van der Waals surface area contributed by atoms with Crippen LogP contribution in [0.5, 0.6) is 0 Å². The molecule has 2 aromatic carbocycles. The first-order valence-electron chi connectivity index (χ1n) is 9.19. The lowest BCUT2D eigenvalue weighted by atomic mass is 9.98.